The zero-order chi connectivity index (χ0) is 21.7. The molecule has 0 aliphatic rings. The number of hydrogen-bond acceptors (Lipinski definition) is 6. The first kappa shape index (κ1) is 21.6. The fourth-order valence-corrected chi connectivity index (χ4v) is 3.25. The van der Waals surface area contributed by atoms with E-state index in [4.69, 9.17) is 9.15 Å². The van der Waals surface area contributed by atoms with Gasteiger partial charge in [0.15, 0.2) is 5.76 Å². The monoisotopic (exact) mass is 475 g/mol. The number of aryl methyl sites for hydroxylation is 1. The van der Waals surface area contributed by atoms with E-state index in [1.54, 1.807) is 54.5 Å². The van der Waals surface area contributed by atoms with Crippen LogP contribution in [0.5, 0.6) is 5.75 Å². The van der Waals surface area contributed by atoms with Crippen molar-refractivity contribution in [1.82, 2.24) is 14.7 Å². The van der Waals surface area contributed by atoms with E-state index in [0.29, 0.717) is 30.2 Å². The molecule has 0 aliphatic carbocycles. The Morgan fingerprint density at radius 3 is 2.60 bits per heavy atom. The summed E-state index contributed by atoms with van der Waals surface area (Å²) in [5.41, 5.74) is 1.36. The van der Waals surface area contributed by atoms with Crippen molar-refractivity contribution in [3.63, 3.8) is 0 Å². The van der Waals surface area contributed by atoms with Crippen LogP contribution in [-0.2, 0) is 24.4 Å². The number of carbonyl (C=O) groups excluding carboxylic acids is 2. The van der Waals surface area contributed by atoms with Crippen LogP contribution in [0.2, 0.25) is 0 Å². The highest BCUT2D eigenvalue weighted by atomic mass is 79.9. The molecule has 9 heteroatoms. The van der Waals surface area contributed by atoms with E-state index < -0.39 is 5.97 Å². The van der Waals surface area contributed by atoms with E-state index in [9.17, 15) is 9.59 Å². The number of furan rings is 1. The Bertz CT molecular complexity index is 1030. The Hall–Kier alpha value is -3.07. The third-order valence-corrected chi connectivity index (χ3v) is 5.12. The summed E-state index contributed by atoms with van der Waals surface area (Å²) in [7, 11) is 3.04. The smallest absolute Gasteiger partial charge is 0.337 e. The molecule has 8 nitrogen and oxygen atoms in total. The molecule has 1 amide bonds. The van der Waals surface area contributed by atoms with Crippen molar-refractivity contribution in [2.24, 2.45) is 0 Å². The van der Waals surface area contributed by atoms with Gasteiger partial charge in [-0.05, 0) is 59.3 Å². The van der Waals surface area contributed by atoms with Gasteiger partial charge in [-0.25, -0.2) is 4.79 Å². The van der Waals surface area contributed by atoms with Crippen LogP contribution in [0, 0.1) is 0 Å². The summed E-state index contributed by atoms with van der Waals surface area (Å²) in [4.78, 5) is 25.7. The van der Waals surface area contributed by atoms with Crippen molar-refractivity contribution in [1.29, 1.82) is 0 Å². The van der Waals surface area contributed by atoms with Gasteiger partial charge in [-0.2, -0.15) is 5.10 Å². The van der Waals surface area contributed by atoms with Crippen LogP contribution in [0.4, 0.5) is 0 Å². The SMILES string of the molecule is CCn1ncc(Br)c1CN(C)C(=O)c1ccc(COc2ccc(C(=O)OC)cc2)o1. The predicted molar refractivity (Wildman–Crippen MR) is 112 cm³/mol. The van der Waals surface area contributed by atoms with Gasteiger partial charge in [0.2, 0.25) is 0 Å². The van der Waals surface area contributed by atoms with Gasteiger partial charge in [0, 0.05) is 13.6 Å². The normalized spacial score (nSPS) is 10.7. The standard InChI is InChI=1S/C21H22BrN3O5/c1-4-25-18(17(22)11-23-25)12-24(2)20(26)19-10-9-16(30-19)13-29-15-7-5-14(6-8-15)21(27)28-3/h5-11H,4,12-13H2,1-3H3. The third-order valence-electron chi connectivity index (χ3n) is 4.46. The molecule has 3 rings (SSSR count). The molecule has 0 bridgehead atoms. The molecule has 0 fully saturated rings. The van der Waals surface area contributed by atoms with E-state index in [1.165, 1.54) is 7.11 Å². The average Bonchev–Trinajstić information content (AvgIpc) is 3.38. The van der Waals surface area contributed by atoms with Crippen LogP contribution < -0.4 is 4.74 Å². The lowest BCUT2D eigenvalue weighted by atomic mass is 10.2. The average molecular weight is 476 g/mol. The summed E-state index contributed by atoms with van der Waals surface area (Å²) in [6.45, 7) is 3.26. The number of hydrogen-bond donors (Lipinski definition) is 0. The van der Waals surface area contributed by atoms with Crippen molar-refractivity contribution in [3.05, 3.63) is 69.8 Å². The van der Waals surface area contributed by atoms with Crippen LogP contribution in [0.15, 0.2) is 51.5 Å². The van der Waals surface area contributed by atoms with Crippen molar-refractivity contribution in [3.8, 4) is 5.75 Å². The van der Waals surface area contributed by atoms with Crippen molar-refractivity contribution in [2.45, 2.75) is 26.6 Å². The number of methoxy groups -OCH3 is 1. The molecule has 30 heavy (non-hydrogen) atoms. The fourth-order valence-electron chi connectivity index (χ4n) is 2.83. The van der Waals surface area contributed by atoms with Gasteiger partial charge >= 0.3 is 5.97 Å². The maximum Gasteiger partial charge on any atom is 0.337 e. The number of carbonyl (C=O) groups is 2. The molecule has 0 aliphatic heterocycles. The van der Waals surface area contributed by atoms with Crippen molar-refractivity contribution >= 4 is 27.8 Å². The number of aromatic nitrogens is 2. The summed E-state index contributed by atoms with van der Waals surface area (Å²) < 4.78 is 18.7. The third kappa shape index (κ3) is 4.91. The Balaban J connectivity index is 1.59. The van der Waals surface area contributed by atoms with Crippen LogP contribution in [0.3, 0.4) is 0 Å². The minimum atomic E-state index is -0.408. The first-order valence-electron chi connectivity index (χ1n) is 9.28. The summed E-state index contributed by atoms with van der Waals surface area (Å²) in [5.74, 6) is 0.675. The minimum absolute atomic E-state index is 0.155. The number of nitrogens with zero attached hydrogens (tertiary/aromatic N) is 3. The first-order valence-corrected chi connectivity index (χ1v) is 10.1. The summed E-state index contributed by atoms with van der Waals surface area (Å²) >= 11 is 3.47. The lowest BCUT2D eigenvalue weighted by Gasteiger charge is -2.17. The highest BCUT2D eigenvalue weighted by molar-refractivity contribution is 9.10. The van der Waals surface area contributed by atoms with E-state index in [0.717, 1.165) is 10.2 Å². The second-order valence-electron chi connectivity index (χ2n) is 6.49. The highest BCUT2D eigenvalue weighted by Crippen LogP contribution is 2.20. The molecule has 0 saturated carbocycles. The molecule has 158 valence electrons. The van der Waals surface area contributed by atoms with E-state index >= 15 is 0 Å². The number of amides is 1. The first-order chi connectivity index (χ1) is 14.4. The quantitative estimate of drug-likeness (QED) is 0.459. The zero-order valence-corrected chi connectivity index (χ0v) is 18.5. The maximum absolute atomic E-state index is 12.7. The Labute approximate surface area is 182 Å². The van der Waals surface area contributed by atoms with Crippen LogP contribution >= 0.6 is 15.9 Å². The zero-order valence-electron chi connectivity index (χ0n) is 16.9. The van der Waals surface area contributed by atoms with Gasteiger partial charge in [-0.3, -0.25) is 9.48 Å². The number of esters is 1. The molecule has 0 atom stereocenters. The van der Waals surface area contributed by atoms with Crippen LogP contribution in [0.25, 0.3) is 0 Å². The minimum Gasteiger partial charge on any atom is -0.486 e. The second-order valence-corrected chi connectivity index (χ2v) is 7.34. The molecule has 1 aromatic carbocycles. The molecule has 0 spiro atoms. The van der Waals surface area contributed by atoms with Gasteiger partial charge in [-0.15, -0.1) is 0 Å². The predicted octanol–water partition coefficient (Wildman–Crippen LogP) is 3.90. The molecule has 3 aromatic rings. The van der Waals surface area contributed by atoms with E-state index in [-0.39, 0.29) is 18.3 Å². The molecule has 2 heterocycles. The van der Waals surface area contributed by atoms with Gasteiger partial charge in [0.05, 0.1) is 35.6 Å². The topological polar surface area (TPSA) is 86.8 Å². The highest BCUT2D eigenvalue weighted by Gasteiger charge is 2.19. The number of benzene rings is 1. The van der Waals surface area contributed by atoms with Gasteiger partial charge in [-0.1, -0.05) is 0 Å². The molecule has 0 saturated heterocycles. The lowest BCUT2D eigenvalue weighted by Crippen LogP contribution is -2.27. The number of ether oxygens (including phenoxy) is 2. The number of rotatable bonds is 8. The number of halogens is 1. The molecular weight excluding hydrogens is 454 g/mol. The molecular formula is C21H22BrN3O5. The largest absolute Gasteiger partial charge is 0.486 e. The maximum atomic E-state index is 12.7. The van der Waals surface area contributed by atoms with Gasteiger partial charge < -0.3 is 18.8 Å². The van der Waals surface area contributed by atoms with E-state index in [1.807, 2.05) is 11.6 Å². The Kier molecular flexibility index (Phi) is 6.94. The van der Waals surface area contributed by atoms with Crippen LogP contribution in [0.1, 0.15) is 39.3 Å². The molecule has 0 N–H and O–H groups in total. The Morgan fingerprint density at radius 1 is 1.20 bits per heavy atom. The molecule has 0 radical (unpaired) electrons. The second kappa shape index (κ2) is 9.62. The van der Waals surface area contributed by atoms with Crippen molar-refractivity contribution in [2.75, 3.05) is 14.2 Å². The molecule has 2 aromatic heterocycles. The lowest BCUT2D eigenvalue weighted by molar-refractivity contribution is 0.0600. The fraction of sp³-hybridized carbons (Fsp3) is 0.286. The van der Waals surface area contributed by atoms with Crippen LogP contribution in [-0.4, -0.2) is 40.7 Å². The van der Waals surface area contributed by atoms with Gasteiger partial charge in [0.25, 0.3) is 5.91 Å². The summed E-state index contributed by atoms with van der Waals surface area (Å²) in [5, 5.41) is 4.26. The molecule has 0 unspecified atom stereocenters. The Morgan fingerprint density at radius 2 is 1.93 bits per heavy atom. The summed E-state index contributed by atoms with van der Waals surface area (Å²) in [6.07, 6.45) is 1.72. The summed E-state index contributed by atoms with van der Waals surface area (Å²) in [6, 6.07) is 9.91. The van der Waals surface area contributed by atoms with E-state index in [2.05, 4.69) is 25.8 Å². The van der Waals surface area contributed by atoms with Gasteiger partial charge in [0.1, 0.15) is 18.1 Å². The van der Waals surface area contributed by atoms with Crippen molar-refractivity contribution < 1.29 is 23.5 Å².